The highest BCUT2D eigenvalue weighted by molar-refractivity contribution is 6.35. The van der Waals surface area contributed by atoms with Gasteiger partial charge in [0, 0.05) is 17.1 Å². The SMILES string of the molecule is CC(c1cc(F)c(Cl)cc1Cl)N(C)C1CCCC1CN. The molecule has 3 unspecified atom stereocenters. The summed E-state index contributed by atoms with van der Waals surface area (Å²) in [5.41, 5.74) is 6.62. The molecule has 0 spiro atoms. The number of rotatable bonds is 4. The normalized spacial score (nSPS) is 24.4. The van der Waals surface area contributed by atoms with E-state index in [0.29, 0.717) is 23.5 Å². The molecule has 0 radical (unpaired) electrons. The number of nitrogens with two attached hydrogens (primary N) is 1. The quantitative estimate of drug-likeness (QED) is 0.841. The van der Waals surface area contributed by atoms with E-state index in [0.717, 1.165) is 12.0 Å². The number of halogens is 3. The summed E-state index contributed by atoms with van der Waals surface area (Å²) in [6.45, 7) is 2.74. The average molecular weight is 319 g/mol. The second-order valence-corrected chi connectivity index (χ2v) is 6.44. The summed E-state index contributed by atoms with van der Waals surface area (Å²) >= 11 is 12.0. The molecule has 0 heterocycles. The maximum absolute atomic E-state index is 13.7. The molecule has 1 aliphatic rings. The Morgan fingerprint density at radius 2 is 2.05 bits per heavy atom. The van der Waals surface area contributed by atoms with Crippen LogP contribution in [0.2, 0.25) is 10.0 Å². The fourth-order valence-electron chi connectivity index (χ4n) is 3.19. The molecule has 0 saturated heterocycles. The Labute approximate surface area is 130 Å². The van der Waals surface area contributed by atoms with Crippen LogP contribution in [0.5, 0.6) is 0 Å². The van der Waals surface area contributed by atoms with Gasteiger partial charge in [-0.15, -0.1) is 0 Å². The zero-order valence-corrected chi connectivity index (χ0v) is 13.4. The molecule has 5 heteroatoms. The van der Waals surface area contributed by atoms with E-state index in [2.05, 4.69) is 11.9 Å². The van der Waals surface area contributed by atoms with Crippen LogP contribution in [-0.4, -0.2) is 24.5 Å². The third kappa shape index (κ3) is 3.11. The van der Waals surface area contributed by atoms with E-state index in [1.165, 1.54) is 25.0 Å². The summed E-state index contributed by atoms with van der Waals surface area (Å²) in [6, 6.07) is 3.39. The van der Waals surface area contributed by atoms with Gasteiger partial charge in [0.15, 0.2) is 0 Å². The van der Waals surface area contributed by atoms with Crippen LogP contribution in [0, 0.1) is 11.7 Å². The van der Waals surface area contributed by atoms with Gasteiger partial charge in [-0.2, -0.15) is 0 Å². The van der Waals surface area contributed by atoms with Crippen molar-refractivity contribution in [3.63, 3.8) is 0 Å². The molecule has 1 saturated carbocycles. The molecule has 112 valence electrons. The number of nitrogens with zero attached hydrogens (tertiary/aromatic N) is 1. The smallest absolute Gasteiger partial charge is 0.142 e. The van der Waals surface area contributed by atoms with E-state index in [-0.39, 0.29) is 11.1 Å². The Bertz CT molecular complexity index is 481. The molecule has 0 aliphatic heterocycles. The molecule has 20 heavy (non-hydrogen) atoms. The topological polar surface area (TPSA) is 29.3 Å². The highest BCUT2D eigenvalue weighted by Gasteiger charge is 2.32. The number of hydrogen-bond acceptors (Lipinski definition) is 2. The van der Waals surface area contributed by atoms with Crippen LogP contribution in [0.3, 0.4) is 0 Å². The first-order valence-corrected chi connectivity index (χ1v) is 7.77. The molecule has 1 aromatic rings. The number of hydrogen-bond donors (Lipinski definition) is 1. The lowest BCUT2D eigenvalue weighted by Crippen LogP contribution is -2.39. The van der Waals surface area contributed by atoms with Crippen molar-refractivity contribution < 1.29 is 4.39 Å². The Hall–Kier alpha value is -0.350. The summed E-state index contributed by atoms with van der Waals surface area (Å²) in [5, 5.41) is 0.576. The van der Waals surface area contributed by atoms with E-state index in [4.69, 9.17) is 28.9 Å². The van der Waals surface area contributed by atoms with E-state index in [1.807, 2.05) is 6.92 Å². The monoisotopic (exact) mass is 318 g/mol. The van der Waals surface area contributed by atoms with Gasteiger partial charge in [0.25, 0.3) is 0 Å². The predicted molar refractivity (Wildman–Crippen MR) is 82.8 cm³/mol. The van der Waals surface area contributed by atoms with Crippen molar-refractivity contribution in [3.05, 3.63) is 33.6 Å². The Balaban J connectivity index is 2.22. The van der Waals surface area contributed by atoms with Crippen LogP contribution in [0.25, 0.3) is 0 Å². The zero-order valence-electron chi connectivity index (χ0n) is 11.9. The van der Waals surface area contributed by atoms with Crippen LogP contribution in [-0.2, 0) is 0 Å². The third-order valence-electron chi connectivity index (χ3n) is 4.55. The first-order valence-electron chi connectivity index (χ1n) is 7.02. The van der Waals surface area contributed by atoms with Crippen molar-refractivity contribution in [2.24, 2.45) is 11.7 Å². The van der Waals surface area contributed by atoms with Crippen LogP contribution in [0.15, 0.2) is 12.1 Å². The van der Waals surface area contributed by atoms with Crippen molar-refractivity contribution in [2.75, 3.05) is 13.6 Å². The van der Waals surface area contributed by atoms with Crippen molar-refractivity contribution in [1.29, 1.82) is 0 Å². The van der Waals surface area contributed by atoms with Gasteiger partial charge in [0.05, 0.1) is 5.02 Å². The largest absolute Gasteiger partial charge is 0.330 e. The van der Waals surface area contributed by atoms with E-state index < -0.39 is 5.82 Å². The van der Waals surface area contributed by atoms with Gasteiger partial charge in [-0.3, -0.25) is 4.90 Å². The van der Waals surface area contributed by atoms with E-state index in [9.17, 15) is 4.39 Å². The van der Waals surface area contributed by atoms with E-state index in [1.54, 1.807) is 0 Å². The molecule has 1 aromatic carbocycles. The molecule has 0 amide bonds. The minimum atomic E-state index is -0.423. The van der Waals surface area contributed by atoms with Crippen molar-refractivity contribution in [1.82, 2.24) is 4.90 Å². The highest BCUT2D eigenvalue weighted by atomic mass is 35.5. The lowest BCUT2D eigenvalue weighted by atomic mass is 9.99. The van der Waals surface area contributed by atoms with Crippen LogP contribution >= 0.6 is 23.2 Å². The molecular formula is C15H21Cl2FN2. The molecule has 0 aromatic heterocycles. The van der Waals surface area contributed by atoms with Gasteiger partial charge in [-0.25, -0.2) is 4.39 Å². The fourth-order valence-corrected chi connectivity index (χ4v) is 3.73. The van der Waals surface area contributed by atoms with Crippen molar-refractivity contribution in [2.45, 2.75) is 38.3 Å². The Morgan fingerprint density at radius 1 is 1.35 bits per heavy atom. The molecule has 2 nitrogen and oxygen atoms in total. The molecule has 2 rings (SSSR count). The van der Waals surface area contributed by atoms with Gasteiger partial charge in [0.2, 0.25) is 0 Å². The zero-order chi connectivity index (χ0) is 14.9. The lowest BCUT2D eigenvalue weighted by Gasteiger charge is -2.34. The van der Waals surface area contributed by atoms with Gasteiger partial charge in [-0.1, -0.05) is 29.6 Å². The van der Waals surface area contributed by atoms with Gasteiger partial charge < -0.3 is 5.73 Å². The first-order chi connectivity index (χ1) is 9.45. The summed E-state index contributed by atoms with van der Waals surface area (Å²) < 4.78 is 13.7. The molecule has 3 atom stereocenters. The Morgan fingerprint density at radius 3 is 2.70 bits per heavy atom. The van der Waals surface area contributed by atoms with Gasteiger partial charge >= 0.3 is 0 Å². The maximum Gasteiger partial charge on any atom is 0.142 e. The second-order valence-electron chi connectivity index (χ2n) is 5.62. The average Bonchev–Trinajstić information content (AvgIpc) is 2.89. The van der Waals surface area contributed by atoms with Crippen molar-refractivity contribution in [3.8, 4) is 0 Å². The van der Waals surface area contributed by atoms with Crippen molar-refractivity contribution >= 4 is 23.2 Å². The summed E-state index contributed by atoms with van der Waals surface area (Å²) in [6.07, 6.45) is 3.50. The van der Waals surface area contributed by atoms with E-state index >= 15 is 0 Å². The molecular weight excluding hydrogens is 298 g/mol. The predicted octanol–water partition coefficient (Wildman–Crippen LogP) is 4.25. The Kier molecular flexibility index (Phi) is 5.30. The number of benzene rings is 1. The van der Waals surface area contributed by atoms with Gasteiger partial charge in [0.1, 0.15) is 5.82 Å². The maximum atomic E-state index is 13.7. The van der Waals surface area contributed by atoms with Crippen LogP contribution in [0.1, 0.15) is 37.8 Å². The summed E-state index contributed by atoms with van der Waals surface area (Å²) in [7, 11) is 2.06. The molecule has 1 fully saturated rings. The minimum Gasteiger partial charge on any atom is -0.330 e. The summed E-state index contributed by atoms with van der Waals surface area (Å²) in [4.78, 5) is 2.26. The second kappa shape index (κ2) is 6.61. The van der Waals surface area contributed by atoms with Crippen LogP contribution < -0.4 is 5.73 Å². The summed E-state index contributed by atoms with van der Waals surface area (Å²) in [5.74, 6) is 0.0893. The highest BCUT2D eigenvalue weighted by Crippen LogP contribution is 2.36. The van der Waals surface area contributed by atoms with Crippen LogP contribution in [0.4, 0.5) is 4.39 Å². The molecule has 2 N–H and O–H groups in total. The van der Waals surface area contributed by atoms with Gasteiger partial charge in [-0.05, 0) is 57.0 Å². The minimum absolute atomic E-state index is 0.0337. The first kappa shape index (κ1) is 16.0. The molecule has 0 bridgehead atoms. The third-order valence-corrected chi connectivity index (χ3v) is 5.16. The molecule has 1 aliphatic carbocycles. The fraction of sp³-hybridized carbons (Fsp3) is 0.600. The standard InChI is InChI=1S/C15H21Cl2FN2/c1-9(11-6-14(18)13(17)7-12(11)16)20(2)15-5-3-4-10(15)8-19/h6-7,9-10,15H,3-5,8,19H2,1-2H3. The lowest BCUT2D eigenvalue weighted by molar-refractivity contribution is 0.152.